The van der Waals surface area contributed by atoms with Gasteiger partial charge in [0, 0.05) is 35.5 Å². The third-order valence-electron chi connectivity index (χ3n) is 5.29. The molecule has 1 amide bonds. The zero-order valence-electron chi connectivity index (χ0n) is 13.3. The highest BCUT2D eigenvalue weighted by Gasteiger charge is 2.55. The molecule has 0 unspecified atom stereocenters. The summed E-state index contributed by atoms with van der Waals surface area (Å²) in [6.45, 7) is 0.510. The highest BCUT2D eigenvalue weighted by atomic mass is 35.5. The van der Waals surface area contributed by atoms with Crippen molar-refractivity contribution in [3.8, 4) is 0 Å². The number of carbonyl (C=O) groups is 1. The van der Waals surface area contributed by atoms with E-state index in [0.29, 0.717) is 24.0 Å². The maximum atomic E-state index is 13.1. The first-order valence-electron chi connectivity index (χ1n) is 8.31. The fourth-order valence-corrected chi connectivity index (χ4v) is 4.95. The van der Waals surface area contributed by atoms with E-state index in [1.165, 1.54) is 6.42 Å². The van der Waals surface area contributed by atoms with Gasteiger partial charge in [-0.25, -0.2) is 4.98 Å². The Labute approximate surface area is 150 Å². The molecule has 2 fully saturated rings. The Balaban J connectivity index is 1.52. The first-order valence-corrected chi connectivity index (χ1v) is 9.64. The van der Waals surface area contributed by atoms with Crippen LogP contribution in [0, 0.1) is 5.41 Å². The van der Waals surface area contributed by atoms with Gasteiger partial charge in [0.25, 0.3) is 0 Å². The number of halogens is 1. The topological polar surface area (TPSA) is 54.0 Å². The number of thiazole rings is 1. The number of fused-ring (bicyclic) bond motifs is 2. The lowest BCUT2D eigenvalue weighted by atomic mass is 9.70. The molecule has 4 nitrogen and oxygen atoms in total. The van der Waals surface area contributed by atoms with Gasteiger partial charge in [0.15, 0.2) is 0 Å². The Morgan fingerprint density at radius 1 is 1.46 bits per heavy atom. The summed E-state index contributed by atoms with van der Waals surface area (Å²) in [7, 11) is 0. The second kappa shape index (κ2) is 6.47. The van der Waals surface area contributed by atoms with Gasteiger partial charge in [-0.15, -0.1) is 11.3 Å². The number of amides is 1. The van der Waals surface area contributed by atoms with Crippen LogP contribution in [0.5, 0.6) is 0 Å². The predicted octanol–water partition coefficient (Wildman–Crippen LogP) is 3.17. The number of benzene rings is 1. The number of hydrogen-bond donors (Lipinski definition) is 2. The summed E-state index contributed by atoms with van der Waals surface area (Å²) in [4.78, 5) is 17.5. The molecule has 4 rings (SSSR count). The van der Waals surface area contributed by atoms with Gasteiger partial charge in [0.2, 0.25) is 5.91 Å². The molecule has 2 aromatic rings. The second-order valence-electron chi connectivity index (χ2n) is 6.82. The standard InChI is InChI=1S/C18H20ClN3OS/c19-13-3-1-2-12(6-13)9-20-17(23)18(8-15-10-24-11-21-15)7-14-4-5-16(18)22-14/h1-3,6,10-11,14,16,22H,4-5,7-9H2,(H,20,23)/t14-,16+,18-/m0/s1. The summed E-state index contributed by atoms with van der Waals surface area (Å²) in [5.74, 6) is 0.134. The summed E-state index contributed by atoms with van der Waals surface area (Å²) in [5, 5.41) is 9.51. The van der Waals surface area contributed by atoms with Gasteiger partial charge in [0.1, 0.15) is 0 Å². The molecule has 2 aliphatic rings. The fourth-order valence-electron chi connectivity index (χ4n) is 4.18. The number of aromatic nitrogens is 1. The Hall–Kier alpha value is -1.43. The molecule has 1 aromatic carbocycles. The van der Waals surface area contributed by atoms with Gasteiger partial charge in [-0.3, -0.25) is 4.79 Å². The van der Waals surface area contributed by atoms with Gasteiger partial charge in [0.05, 0.1) is 16.6 Å². The number of hydrogen-bond acceptors (Lipinski definition) is 4. The molecule has 2 N–H and O–H groups in total. The van der Waals surface area contributed by atoms with E-state index in [-0.39, 0.29) is 17.4 Å². The molecule has 0 spiro atoms. The minimum absolute atomic E-state index is 0.134. The molecule has 0 radical (unpaired) electrons. The summed E-state index contributed by atoms with van der Waals surface area (Å²) in [5.41, 5.74) is 3.51. The summed E-state index contributed by atoms with van der Waals surface area (Å²) in [6, 6.07) is 8.35. The third-order valence-corrected chi connectivity index (χ3v) is 6.16. The van der Waals surface area contributed by atoms with E-state index in [9.17, 15) is 4.79 Å². The van der Waals surface area contributed by atoms with E-state index in [1.807, 2.05) is 29.8 Å². The van der Waals surface area contributed by atoms with Gasteiger partial charge >= 0.3 is 0 Å². The van der Waals surface area contributed by atoms with E-state index < -0.39 is 0 Å². The number of nitrogens with zero attached hydrogens (tertiary/aromatic N) is 1. The monoisotopic (exact) mass is 361 g/mol. The van der Waals surface area contributed by atoms with Crippen molar-refractivity contribution >= 4 is 28.8 Å². The highest BCUT2D eigenvalue weighted by Crippen LogP contribution is 2.45. The van der Waals surface area contributed by atoms with E-state index in [4.69, 9.17) is 11.6 Å². The molecule has 3 atom stereocenters. The SMILES string of the molecule is O=C(NCc1cccc(Cl)c1)[C@]1(Cc2cscn2)C[C@@H]2CC[C@H]1N2. The lowest BCUT2D eigenvalue weighted by molar-refractivity contribution is -0.132. The van der Waals surface area contributed by atoms with Crippen LogP contribution in [0.15, 0.2) is 35.2 Å². The van der Waals surface area contributed by atoms with Crippen LogP contribution in [0.1, 0.15) is 30.5 Å². The average Bonchev–Trinajstić information content (AvgIpc) is 3.30. The maximum Gasteiger partial charge on any atom is 0.228 e. The van der Waals surface area contributed by atoms with Crippen molar-refractivity contribution in [3.05, 3.63) is 51.4 Å². The molecule has 1 aromatic heterocycles. The molecular weight excluding hydrogens is 342 g/mol. The van der Waals surface area contributed by atoms with Crippen LogP contribution >= 0.6 is 22.9 Å². The minimum atomic E-state index is -0.379. The first-order chi connectivity index (χ1) is 11.7. The predicted molar refractivity (Wildman–Crippen MR) is 96.1 cm³/mol. The van der Waals surface area contributed by atoms with Crippen LogP contribution in [0.25, 0.3) is 0 Å². The van der Waals surface area contributed by atoms with Crippen LogP contribution in [-0.4, -0.2) is 23.0 Å². The smallest absolute Gasteiger partial charge is 0.228 e. The van der Waals surface area contributed by atoms with Crippen molar-refractivity contribution in [2.24, 2.45) is 5.41 Å². The number of carbonyl (C=O) groups excluding carboxylic acids is 1. The van der Waals surface area contributed by atoms with Crippen molar-refractivity contribution in [1.82, 2.24) is 15.6 Å². The fraction of sp³-hybridized carbons (Fsp3) is 0.444. The van der Waals surface area contributed by atoms with Crippen molar-refractivity contribution in [2.45, 2.75) is 44.3 Å². The van der Waals surface area contributed by atoms with E-state index >= 15 is 0 Å². The lowest BCUT2D eigenvalue weighted by Crippen LogP contribution is -2.49. The molecule has 3 heterocycles. The molecule has 24 heavy (non-hydrogen) atoms. The van der Waals surface area contributed by atoms with Crippen molar-refractivity contribution in [2.75, 3.05) is 0 Å². The molecule has 0 aliphatic carbocycles. The second-order valence-corrected chi connectivity index (χ2v) is 7.98. The first kappa shape index (κ1) is 16.1. The zero-order valence-corrected chi connectivity index (χ0v) is 14.9. The largest absolute Gasteiger partial charge is 0.351 e. The van der Waals surface area contributed by atoms with Crippen LogP contribution in [-0.2, 0) is 17.8 Å². The summed E-state index contributed by atoms with van der Waals surface area (Å²) >= 11 is 7.62. The van der Waals surface area contributed by atoms with Crippen LogP contribution < -0.4 is 10.6 Å². The minimum Gasteiger partial charge on any atom is -0.351 e. The van der Waals surface area contributed by atoms with Crippen LogP contribution in [0.4, 0.5) is 0 Å². The molecule has 6 heteroatoms. The number of nitrogens with one attached hydrogen (secondary N) is 2. The normalized spacial score (nSPS) is 28.2. The van der Waals surface area contributed by atoms with Crippen LogP contribution in [0.2, 0.25) is 5.02 Å². The lowest BCUT2D eigenvalue weighted by Gasteiger charge is -2.34. The molecule has 2 bridgehead atoms. The summed E-state index contributed by atoms with van der Waals surface area (Å²) < 4.78 is 0. The zero-order chi connectivity index (χ0) is 16.6. The van der Waals surface area contributed by atoms with Crippen molar-refractivity contribution in [1.29, 1.82) is 0 Å². The van der Waals surface area contributed by atoms with Crippen LogP contribution in [0.3, 0.4) is 0 Å². The maximum absolute atomic E-state index is 13.1. The Morgan fingerprint density at radius 2 is 2.38 bits per heavy atom. The highest BCUT2D eigenvalue weighted by molar-refractivity contribution is 7.07. The molecule has 0 saturated carbocycles. The summed E-state index contributed by atoms with van der Waals surface area (Å²) in [6.07, 6.45) is 3.85. The van der Waals surface area contributed by atoms with Gasteiger partial charge in [-0.2, -0.15) is 0 Å². The Kier molecular flexibility index (Phi) is 4.33. The van der Waals surface area contributed by atoms with Crippen molar-refractivity contribution < 1.29 is 4.79 Å². The van der Waals surface area contributed by atoms with E-state index in [1.54, 1.807) is 11.3 Å². The van der Waals surface area contributed by atoms with Gasteiger partial charge in [-0.1, -0.05) is 23.7 Å². The van der Waals surface area contributed by atoms with Gasteiger partial charge < -0.3 is 10.6 Å². The Bertz CT molecular complexity index is 736. The average molecular weight is 362 g/mol. The molecular formula is C18H20ClN3OS. The van der Waals surface area contributed by atoms with Crippen molar-refractivity contribution in [3.63, 3.8) is 0 Å². The van der Waals surface area contributed by atoms with Gasteiger partial charge in [-0.05, 0) is 37.0 Å². The quantitative estimate of drug-likeness (QED) is 0.860. The Morgan fingerprint density at radius 3 is 3.04 bits per heavy atom. The molecule has 126 valence electrons. The molecule has 2 saturated heterocycles. The van der Waals surface area contributed by atoms with E-state index in [2.05, 4.69) is 21.0 Å². The third kappa shape index (κ3) is 2.96. The van der Waals surface area contributed by atoms with E-state index in [0.717, 1.165) is 24.1 Å². The number of rotatable bonds is 5. The molecule has 2 aliphatic heterocycles.